The van der Waals surface area contributed by atoms with Gasteiger partial charge in [-0.2, -0.15) is 0 Å². The molecule has 2 aromatic rings. The van der Waals surface area contributed by atoms with Crippen LogP contribution in [0.1, 0.15) is 5.76 Å². The van der Waals surface area contributed by atoms with Gasteiger partial charge in [-0.15, -0.1) is 0 Å². The molecule has 76 valence electrons. The Labute approximate surface area is 101 Å². The van der Waals surface area contributed by atoms with Gasteiger partial charge >= 0.3 is 0 Å². The van der Waals surface area contributed by atoms with Crippen LogP contribution in [0.15, 0.2) is 46.0 Å². The first kappa shape index (κ1) is 10.2. The van der Waals surface area contributed by atoms with Crippen LogP contribution in [0.5, 0.6) is 0 Å². The maximum Gasteiger partial charge on any atom is 0.149 e. The minimum atomic E-state index is 0.534. The first-order chi connectivity index (χ1) is 7.29. The van der Waals surface area contributed by atoms with Crippen molar-refractivity contribution in [1.29, 1.82) is 0 Å². The summed E-state index contributed by atoms with van der Waals surface area (Å²) in [6.45, 7) is 0. The summed E-state index contributed by atoms with van der Waals surface area (Å²) in [6, 6.07) is 11.6. The summed E-state index contributed by atoms with van der Waals surface area (Å²) in [4.78, 5) is 0. The van der Waals surface area contributed by atoms with Crippen molar-refractivity contribution in [3.05, 3.63) is 45.7 Å². The molecular formula is C11H8INO2. The molecule has 0 unspecified atom stereocenters. The van der Waals surface area contributed by atoms with Gasteiger partial charge in [-0.1, -0.05) is 17.3 Å². The van der Waals surface area contributed by atoms with E-state index in [0.29, 0.717) is 5.76 Å². The molecule has 0 aliphatic rings. The highest BCUT2D eigenvalue weighted by Gasteiger charge is 2.03. The lowest BCUT2D eigenvalue weighted by Crippen LogP contribution is -1.76. The average molecular weight is 313 g/mol. The molecular weight excluding hydrogens is 305 g/mol. The van der Waals surface area contributed by atoms with Crippen molar-refractivity contribution >= 4 is 28.8 Å². The number of hydrogen-bond donors (Lipinski definition) is 1. The van der Waals surface area contributed by atoms with Gasteiger partial charge in [0.15, 0.2) is 0 Å². The Morgan fingerprint density at radius 2 is 2.13 bits per heavy atom. The Bertz CT molecular complexity index is 491. The molecule has 0 atom stereocenters. The van der Waals surface area contributed by atoms with Crippen LogP contribution in [-0.2, 0) is 0 Å². The summed E-state index contributed by atoms with van der Waals surface area (Å²) >= 11 is 2.25. The molecule has 1 heterocycles. The fraction of sp³-hybridized carbons (Fsp3) is 0. The minimum Gasteiger partial charge on any atom is -0.455 e. The molecule has 2 rings (SSSR count). The van der Waals surface area contributed by atoms with Crippen LogP contribution < -0.4 is 0 Å². The second-order valence-corrected chi connectivity index (χ2v) is 4.20. The molecule has 0 bridgehead atoms. The number of nitrogens with zero attached hydrogens (tertiary/aromatic N) is 1. The number of benzene rings is 1. The van der Waals surface area contributed by atoms with Gasteiger partial charge in [-0.05, 0) is 46.9 Å². The molecule has 1 aromatic heterocycles. The fourth-order valence-corrected chi connectivity index (χ4v) is 1.82. The van der Waals surface area contributed by atoms with Crippen LogP contribution in [-0.4, -0.2) is 11.4 Å². The Hall–Kier alpha value is -1.30. The van der Waals surface area contributed by atoms with Crippen molar-refractivity contribution in [1.82, 2.24) is 0 Å². The topological polar surface area (TPSA) is 45.7 Å². The first-order valence-corrected chi connectivity index (χ1v) is 5.40. The molecule has 4 heteroatoms. The third-order valence-electron chi connectivity index (χ3n) is 1.92. The minimum absolute atomic E-state index is 0.534. The lowest BCUT2D eigenvalue weighted by molar-refractivity contribution is 0.321. The number of rotatable bonds is 2. The quantitative estimate of drug-likeness (QED) is 0.400. The fourth-order valence-electron chi connectivity index (χ4n) is 1.28. The third kappa shape index (κ3) is 2.38. The predicted octanol–water partition coefficient (Wildman–Crippen LogP) is 3.36. The number of halogens is 1. The molecule has 0 spiro atoms. The zero-order valence-corrected chi connectivity index (χ0v) is 9.88. The van der Waals surface area contributed by atoms with Crippen LogP contribution in [0.25, 0.3) is 11.3 Å². The standard InChI is InChI=1S/C11H8INO2/c12-9-3-1-2-8(6-9)11-5-4-10(15-11)7-13-14/h1-7,14H/b13-7+. The normalized spacial score (nSPS) is 11.0. The smallest absolute Gasteiger partial charge is 0.149 e. The summed E-state index contributed by atoms with van der Waals surface area (Å²) in [6.07, 6.45) is 1.26. The largest absolute Gasteiger partial charge is 0.455 e. The molecule has 0 saturated carbocycles. The molecule has 0 fully saturated rings. The van der Waals surface area contributed by atoms with Gasteiger partial charge in [0.2, 0.25) is 0 Å². The van der Waals surface area contributed by atoms with E-state index < -0.39 is 0 Å². The predicted molar refractivity (Wildman–Crippen MR) is 66.2 cm³/mol. The van der Waals surface area contributed by atoms with Gasteiger partial charge in [-0.25, -0.2) is 0 Å². The average Bonchev–Trinajstić information content (AvgIpc) is 2.67. The van der Waals surface area contributed by atoms with Crippen LogP contribution >= 0.6 is 22.6 Å². The summed E-state index contributed by atoms with van der Waals surface area (Å²) in [5, 5.41) is 11.3. The molecule has 3 nitrogen and oxygen atoms in total. The Morgan fingerprint density at radius 3 is 2.87 bits per heavy atom. The van der Waals surface area contributed by atoms with Crippen LogP contribution in [0.4, 0.5) is 0 Å². The van der Waals surface area contributed by atoms with E-state index in [1.807, 2.05) is 30.3 Å². The molecule has 0 saturated heterocycles. The number of oxime groups is 1. The van der Waals surface area contributed by atoms with Crippen molar-refractivity contribution in [3.8, 4) is 11.3 Å². The van der Waals surface area contributed by atoms with Crippen molar-refractivity contribution in [2.24, 2.45) is 5.16 Å². The van der Waals surface area contributed by atoms with Crippen molar-refractivity contribution < 1.29 is 9.62 Å². The molecule has 1 N–H and O–H groups in total. The van der Waals surface area contributed by atoms with E-state index in [4.69, 9.17) is 9.62 Å². The van der Waals surface area contributed by atoms with E-state index in [9.17, 15) is 0 Å². The highest BCUT2D eigenvalue weighted by Crippen LogP contribution is 2.22. The Morgan fingerprint density at radius 1 is 1.27 bits per heavy atom. The molecule has 0 aliphatic heterocycles. The summed E-state index contributed by atoms with van der Waals surface area (Å²) in [5.74, 6) is 1.30. The monoisotopic (exact) mass is 313 g/mol. The van der Waals surface area contributed by atoms with Crippen LogP contribution in [0, 0.1) is 3.57 Å². The van der Waals surface area contributed by atoms with E-state index >= 15 is 0 Å². The zero-order valence-electron chi connectivity index (χ0n) is 7.72. The van der Waals surface area contributed by atoms with E-state index in [2.05, 4.69) is 27.7 Å². The van der Waals surface area contributed by atoms with Gasteiger partial charge in [-0.3, -0.25) is 0 Å². The van der Waals surface area contributed by atoms with Gasteiger partial charge in [0, 0.05) is 9.13 Å². The second kappa shape index (κ2) is 4.48. The van der Waals surface area contributed by atoms with Crippen LogP contribution in [0.3, 0.4) is 0 Å². The molecule has 0 amide bonds. The van der Waals surface area contributed by atoms with Gasteiger partial charge in [0.1, 0.15) is 17.7 Å². The van der Waals surface area contributed by atoms with Crippen molar-refractivity contribution in [2.45, 2.75) is 0 Å². The van der Waals surface area contributed by atoms with E-state index in [0.717, 1.165) is 14.9 Å². The second-order valence-electron chi connectivity index (χ2n) is 2.96. The summed E-state index contributed by atoms with van der Waals surface area (Å²) < 4.78 is 6.60. The highest BCUT2D eigenvalue weighted by molar-refractivity contribution is 14.1. The molecule has 0 radical (unpaired) electrons. The van der Waals surface area contributed by atoms with E-state index in [1.54, 1.807) is 6.07 Å². The van der Waals surface area contributed by atoms with Gasteiger partial charge in [0.25, 0.3) is 0 Å². The van der Waals surface area contributed by atoms with Crippen LogP contribution in [0.2, 0.25) is 0 Å². The number of hydrogen-bond acceptors (Lipinski definition) is 3. The first-order valence-electron chi connectivity index (χ1n) is 4.33. The maximum absolute atomic E-state index is 8.35. The lowest BCUT2D eigenvalue weighted by Gasteiger charge is -1.96. The maximum atomic E-state index is 8.35. The lowest BCUT2D eigenvalue weighted by atomic mass is 10.2. The molecule has 15 heavy (non-hydrogen) atoms. The highest BCUT2D eigenvalue weighted by atomic mass is 127. The SMILES string of the molecule is O/N=C/c1ccc(-c2cccc(I)c2)o1. The Kier molecular flexibility index (Phi) is 3.05. The van der Waals surface area contributed by atoms with Crippen molar-refractivity contribution in [3.63, 3.8) is 0 Å². The van der Waals surface area contributed by atoms with Gasteiger partial charge < -0.3 is 9.62 Å². The number of furan rings is 1. The zero-order chi connectivity index (χ0) is 10.7. The summed E-state index contributed by atoms with van der Waals surface area (Å²) in [5.41, 5.74) is 1.01. The van der Waals surface area contributed by atoms with E-state index in [1.165, 1.54) is 6.21 Å². The molecule has 1 aromatic carbocycles. The van der Waals surface area contributed by atoms with E-state index in [-0.39, 0.29) is 0 Å². The van der Waals surface area contributed by atoms with Gasteiger partial charge in [0.05, 0.1) is 0 Å². The van der Waals surface area contributed by atoms with Crippen molar-refractivity contribution in [2.75, 3.05) is 0 Å². The Balaban J connectivity index is 2.37. The molecule has 0 aliphatic carbocycles. The third-order valence-corrected chi connectivity index (χ3v) is 2.59. The summed E-state index contributed by atoms with van der Waals surface area (Å²) in [7, 11) is 0.